The lowest BCUT2D eigenvalue weighted by Crippen LogP contribution is -2.60. The van der Waals surface area contributed by atoms with Gasteiger partial charge in [0.1, 0.15) is 53.3 Å². The first-order chi connectivity index (χ1) is 15.2. The van der Waals surface area contributed by atoms with E-state index in [2.05, 4.69) is 0 Å². The molecule has 2 aliphatic heterocycles. The number of aliphatic hydroxyl groups excluding tert-OH is 4. The molecule has 2 aromatic rings. The van der Waals surface area contributed by atoms with Crippen molar-refractivity contribution in [2.24, 2.45) is 0 Å². The number of benzene rings is 2. The summed E-state index contributed by atoms with van der Waals surface area (Å²) in [6.07, 6.45) is -8.50. The number of aromatic hydroxyl groups is 3. The minimum absolute atomic E-state index is 0.0293. The lowest BCUT2D eigenvalue weighted by molar-refractivity contribution is -0.277. The van der Waals surface area contributed by atoms with Crippen LogP contribution in [0.25, 0.3) is 0 Å². The maximum Gasteiger partial charge on any atom is 0.229 e. The van der Waals surface area contributed by atoms with Crippen LogP contribution >= 0.6 is 0 Å². The molecule has 11 heteroatoms. The monoisotopic (exact) mass is 450 g/mol. The molecule has 0 aromatic heterocycles. The molecular formula is C21H22O11. The van der Waals surface area contributed by atoms with Gasteiger partial charge in [0.15, 0.2) is 17.3 Å². The van der Waals surface area contributed by atoms with Crippen molar-refractivity contribution in [1.29, 1.82) is 0 Å². The zero-order chi connectivity index (χ0) is 23.2. The molecule has 1 fully saturated rings. The largest absolute Gasteiger partial charge is 0.507 e. The quantitative estimate of drug-likeness (QED) is 0.303. The van der Waals surface area contributed by atoms with Crippen LogP contribution in [-0.4, -0.2) is 78.8 Å². The third kappa shape index (κ3) is 3.92. The predicted molar refractivity (Wildman–Crippen MR) is 105 cm³/mol. The molecule has 1 saturated heterocycles. The average molecular weight is 450 g/mol. The lowest BCUT2D eigenvalue weighted by atomic mass is 9.95. The molecule has 2 aliphatic rings. The van der Waals surface area contributed by atoms with E-state index >= 15 is 0 Å². The Labute approximate surface area is 181 Å². The lowest BCUT2D eigenvalue weighted by Gasteiger charge is -2.39. The number of phenolic OH excluding ortho intramolecular Hbond substituents is 3. The maximum absolute atomic E-state index is 12.6. The molecule has 0 radical (unpaired) electrons. The zero-order valence-electron chi connectivity index (χ0n) is 16.5. The van der Waals surface area contributed by atoms with Gasteiger partial charge in [-0.25, -0.2) is 0 Å². The summed E-state index contributed by atoms with van der Waals surface area (Å²) in [7, 11) is 0. The highest BCUT2D eigenvalue weighted by Gasteiger charge is 2.45. The normalized spacial score (nSPS) is 29.8. The van der Waals surface area contributed by atoms with Gasteiger partial charge in [-0.3, -0.25) is 4.79 Å². The number of Topliss-reactive ketones (excluding diaryl/α,β-unsaturated/α-hetero) is 1. The highest BCUT2D eigenvalue weighted by molar-refractivity contribution is 6.02. The van der Waals surface area contributed by atoms with Gasteiger partial charge in [0.2, 0.25) is 6.29 Å². The molecule has 0 saturated carbocycles. The zero-order valence-corrected chi connectivity index (χ0v) is 16.5. The van der Waals surface area contributed by atoms with E-state index in [1.807, 2.05) is 0 Å². The van der Waals surface area contributed by atoms with Crippen LogP contribution in [0.1, 0.15) is 28.4 Å². The highest BCUT2D eigenvalue weighted by atomic mass is 16.7. The van der Waals surface area contributed by atoms with Crippen LogP contribution in [0.15, 0.2) is 30.3 Å². The fourth-order valence-electron chi connectivity index (χ4n) is 3.71. The second kappa shape index (κ2) is 8.45. The number of rotatable bonds is 4. The Morgan fingerprint density at radius 3 is 2.38 bits per heavy atom. The minimum atomic E-state index is -1.67. The molecule has 11 nitrogen and oxygen atoms in total. The summed E-state index contributed by atoms with van der Waals surface area (Å²) in [6.45, 7) is -0.640. The molecule has 0 amide bonds. The number of hydrogen-bond donors (Lipinski definition) is 7. The maximum atomic E-state index is 12.6. The van der Waals surface area contributed by atoms with E-state index < -0.39 is 54.9 Å². The van der Waals surface area contributed by atoms with E-state index in [0.29, 0.717) is 5.56 Å². The van der Waals surface area contributed by atoms with E-state index in [1.165, 1.54) is 24.3 Å². The fraction of sp³-hybridized carbons (Fsp3) is 0.381. The van der Waals surface area contributed by atoms with E-state index in [9.17, 15) is 40.5 Å². The Morgan fingerprint density at radius 1 is 0.938 bits per heavy atom. The van der Waals surface area contributed by atoms with Crippen molar-refractivity contribution < 1.29 is 54.8 Å². The molecule has 6 atom stereocenters. The van der Waals surface area contributed by atoms with Gasteiger partial charge in [0, 0.05) is 12.1 Å². The summed E-state index contributed by atoms with van der Waals surface area (Å²) in [4.78, 5) is 12.6. The predicted octanol–water partition coefficient (Wildman–Crippen LogP) is -0.311. The van der Waals surface area contributed by atoms with E-state index in [0.717, 1.165) is 6.07 Å². The molecule has 172 valence electrons. The number of ketones is 1. The van der Waals surface area contributed by atoms with Crippen LogP contribution in [-0.2, 0) is 4.74 Å². The molecule has 32 heavy (non-hydrogen) atoms. The van der Waals surface area contributed by atoms with Crippen LogP contribution in [0.2, 0.25) is 0 Å². The summed E-state index contributed by atoms with van der Waals surface area (Å²) in [6, 6.07) is 6.37. The topological polar surface area (TPSA) is 186 Å². The van der Waals surface area contributed by atoms with Crippen molar-refractivity contribution in [1.82, 2.24) is 0 Å². The molecule has 0 unspecified atom stereocenters. The summed E-state index contributed by atoms with van der Waals surface area (Å²) >= 11 is 0. The van der Waals surface area contributed by atoms with E-state index in [4.69, 9.17) is 14.2 Å². The smallest absolute Gasteiger partial charge is 0.229 e. The molecule has 4 rings (SSSR count). The summed E-state index contributed by atoms with van der Waals surface area (Å²) < 4.78 is 16.6. The molecule has 0 bridgehead atoms. The Balaban J connectivity index is 1.60. The summed E-state index contributed by atoms with van der Waals surface area (Å²) in [5.41, 5.74) is 0.337. The van der Waals surface area contributed by atoms with Crippen molar-refractivity contribution in [2.45, 2.75) is 43.2 Å². The number of carbonyl (C=O) groups excluding carboxylic acids is 1. The van der Waals surface area contributed by atoms with Crippen molar-refractivity contribution in [3.8, 4) is 28.7 Å². The first kappa shape index (κ1) is 22.1. The fourth-order valence-corrected chi connectivity index (χ4v) is 3.71. The first-order valence-electron chi connectivity index (χ1n) is 9.75. The molecule has 2 aromatic carbocycles. The Bertz CT molecular complexity index is 1020. The summed E-state index contributed by atoms with van der Waals surface area (Å²) in [5, 5.41) is 68.8. The Morgan fingerprint density at radius 2 is 1.69 bits per heavy atom. The van der Waals surface area contributed by atoms with Crippen LogP contribution in [0.4, 0.5) is 0 Å². The second-order valence-electron chi connectivity index (χ2n) is 7.61. The van der Waals surface area contributed by atoms with E-state index in [-0.39, 0.29) is 35.0 Å². The van der Waals surface area contributed by atoms with E-state index in [1.54, 1.807) is 0 Å². The van der Waals surface area contributed by atoms with Crippen molar-refractivity contribution in [2.75, 3.05) is 6.61 Å². The molecule has 2 heterocycles. The Kier molecular flexibility index (Phi) is 5.84. The molecule has 0 aliphatic carbocycles. The van der Waals surface area contributed by atoms with Crippen LogP contribution in [0, 0.1) is 0 Å². The van der Waals surface area contributed by atoms with Crippen LogP contribution in [0.5, 0.6) is 28.7 Å². The van der Waals surface area contributed by atoms with Crippen LogP contribution < -0.4 is 9.47 Å². The van der Waals surface area contributed by atoms with Gasteiger partial charge in [-0.15, -0.1) is 0 Å². The SMILES string of the molecule is O=C1C[C@@H](c2ccc(O)c(O)c2)Oc2cc(O[C@@H]3O[C@H](CO)[C@H](O)[C@@H](O)[C@H]3O)cc(O)c21. The van der Waals surface area contributed by atoms with Crippen molar-refractivity contribution >= 4 is 5.78 Å². The first-order valence-corrected chi connectivity index (χ1v) is 9.75. The standard InChI is InChI=1S/C21H22O11/c22-7-16-18(27)19(28)20(29)21(32-16)30-9-4-12(25)17-13(26)6-14(31-15(17)5-9)8-1-2-10(23)11(24)3-8/h1-5,14,16,18-25,27-29H,6-7H2/t14-,16+,18-,19+,20+,21+/m0/s1. The van der Waals surface area contributed by atoms with Gasteiger partial charge < -0.3 is 50.0 Å². The number of aliphatic hydroxyl groups is 4. The van der Waals surface area contributed by atoms with Gasteiger partial charge in [-0.05, 0) is 17.7 Å². The second-order valence-corrected chi connectivity index (χ2v) is 7.61. The van der Waals surface area contributed by atoms with Crippen molar-refractivity contribution in [3.63, 3.8) is 0 Å². The highest BCUT2D eigenvalue weighted by Crippen LogP contribution is 2.43. The van der Waals surface area contributed by atoms with Crippen molar-refractivity contribution in [3.05, 3.63) is 41.5 Å². The molecular weight excluding hydrogens is 428 g/mol. The Hall–Kier alpha value is -3.09. The minimum Gasteiger partial charge on any atom is -0.507 e. The van der Waals surface area contributed by atoms with Crippen LogP contribution in [0.3, 0.4) is 0 Å². The van der Waals surface area contributed by atoms with Gasteiger partial charge in [-0.2, -0.15) is 0 Å². The molecule has 7 N–H and O–H groups in total. The van der Waals surface area contributed by atoms with Gasteiger partial charge in [0.05, 0.1) is 13.0 Å². The number of ether oxygens (including phenoxy) is 3. The number of fused-ring (bicyclic) bond motifs is 1. The third-order valence-corrected chi connectivity index (χ3v) is 5.45. The average Bonchev–Trinajstić information content (AvgIpc) is 2.75. The van der Waals surface area contributed by atoms with Gasteiger partial charge in [0.25, 0.3) is 0 Å². The number of hydrogen-bond acceptors (Lipinski definition) is 11. The van der Waals surface area contributed by atoms with Gasteiger partial charge in [-0.1, -0.05) is 6.07 Å². The molecule has 0 spiro atoms. The van der Waals surface area contributed by atoms with Gasteiger partial charge >= 0.3 is 0 Å². The number of phenols is 3. The third-order valence-electron chi connectivity index (χ3n) is 5.45. The summed E-state index contributed by atoms with van der Waals surface area (Å²) in [5.74, 6) is -1.69. The number of carbonyl (C=O) groups is 1.